The van der Waals surface area contributed by atoms with Crippen molar-refractivity contribution in [2.45, 2.75) is 42.1 Å². The van der Waals surface area contributed by atoms with Crippen LogP contribution in [0.3, 0.4) is 0 Å². The van der Waals surface area contributed by atoms with Gasteiger partial charge in [0.2, 0.25) is 0 Å². The summed E-state index contributed by atoms with van der Waals surface area (Å²) in [6.45, 7) is 1.95. The first kappa shape index (κ1) is 22.3. The topological polar surface area (TPSA) is 118 Å². The zero-order valence-corrected chi connectivity index (χ0v) is 19.7. The van der Waals surface area contributed by atoms with Crippen LogP contribution in [0.25, 0.3) is 10.9 Å². The number of rotatable bonds is 7. The van der Waals surface area contributed by atoms with Gasteiger partial charge in [-0.3, -0.25) is 9.89 Å². The summed E-state index contributed by atoms with van der Waals surface area (Å²) in [7, 11) is 1.84. The van der Waals surface area contributed by atoms with Gasteiger partial charge in [0.25, 0.3) is 5.91 Å². The van der Waals surface area contributed by atoms with Gasteiger partial charge in [0.15, 0.2) is 0 Å². The molecule has 4 aromatic rings. The van der Waals surface area contributed by atoms with Gasteiger partial charge >= 0.3 is 0 Å². The normalized spacial score (nSPS) is 13.4. The monoisotopic (exact) mass is 479 g/mol. The number of halogens is 1. The van der Waals surface area contributed by atoms with Crippen molar-refractivity contribution in [1.29, 1.82) is 0 Å². The van der Waals surface area contributed by atoms with Crippen molar-refractivity contribution in [3.05, 3.63) is 65.4 Å². The molecule has 176 valence electrons. The van der Waals surface area contributed by atoms with Gasteiger partial charge in [-0.05, 0) is 56.2 Å². The number of nitrogens with zero attached hydrogens (tertiary/aromatic N) is 3. The highest BCUT2D eigenvalue weighted by Gasteiger charge is 2.31. The van der Waals surface area contributed by atoms with Crippen LogP contribution in [0.1, 0.15) is 34.6 Å². The molecule has 34 heavy (non-hydrogen) atoms. The molecule has 0 unspecified atom stereocenters. The van der Waals surface area contributed by atoms with Gasteiger partial charge in [-0.1, -0.05) is 11.8 Å². The first-order valence-electron chi connectivity index (χ1n) is 11.0. The number of H-pyrrole nitrogens is 1. The van der Waals surface area contributed by atoms with E-state index < -0.39 is 5.82 Å². The Hall–Kier alpha value is -3.50. The molecule has 2 aromatic carbocycles. The first-order chi connectivity index (χ1) is 16.3. The minimum absolute atomic E-state index is 0.0185. The fourth-order valence-corrected chi connectivity index (χ4v) is 5.03. The van der Waals surface area contributed by atoms with E-state index in [0.717, 1.165) is 39.2 Å². The van der Waals surface area contributed by atoms with E-state index in [2.05, 4.69) is 21.6 Å². The quantitative estimate of drug-likeness (QED) is 0.182. The van der Waals surface area contributed by atoms with Crippen molar-refractivity contribution >= 4 is 39.9 Å². The smallest absolute Gasteiger partial charge is 0.268 e. The van der Waals surface area contributed by atoms with E-state index in [-0.39, 0.29) is 24.1 Å². The zero-order valence-electron chi connectivity index (χ0n) is 18.9. The minimum Gasteiger partial charge on any atom is -0.397 e. The van der Waals surface area contributed by atoms with Crippen molar-refractivity contribution in [2.24, 2.45) is 12.9 Å². The summed E-state index contributed by atoms with van der Waals surface area (Å²) in [6.07, 6.45) is 3.66. The molecule has 2 aromatic heterocycles. The summed E-state index contributed by atoms with van der Waals surface area (Å²) in [5.74, 6) is 5.45. The Morgan fingerprint density at radius 1 is 1.32 bits per heavy atom. The average molecular weight is 480 g/mol. The summed E-state index contributed by atoms with van der Waals surface area (Å²) < 4.78 is 16.5. The molecule has 0 aliphatic heterocycles. The molecule has 0 atom stereocenters. The van der Waals surface area contributed by atoms with E-state index in [1.165, 1.54) is 17.1 Å². The number of hydrazine groups is 1. The molecule has 5 rings (SSSR count). The Morgan fingerprint density at radius 3 is 2.88 bits per heavy atom. The molecule has 1 aliphatic rings. The van der Waals surface area contributed by atoms with Crippen molar-refractivity contribution in [2.75, 3.05) is 10.7 Å². The molecular weight excluding hydrogens is 453 g/mol. The van der Waals surface area contributed by atoms with Crippen LogP contribution in [-0.2, 0) is 13.6 Å². The minimum atomic E-state index is -0.449. The second-order valence-electron chi connectivity index (χ2n) is 8.54. The number of nitrogens with two attached hydrogens (primary N) is 2. The molecule has 0 spiro atoms. The van der Waals surface area contributed by atoms with Crippen molar-refractivity contribution in [1.82, 2.24) is 20.1 Å². The molecule has 0 bridgehead atoms. The van der Waals surface area contributed by atoms with Crippen LogP contribution >= 0.6 is 11.8 Å². The molecule has 1 amide bonds. The van der Waals surface area contributed by atoms with Crippen LogP contribution in [0.5, 0.6) is 0 Å². The standard InChI is InChI=1S/C24H26FN7OS/c1-13-22(34-16-5-8-20-14(9-16)11-29-30-20)10-21(31(13)2)24(33)28-12-17-18(25)6-7-19(26)23(17)32(27)15-3-4-15/h5-11,15H,3-4,12,26-27H2,1-2H3,(H,28,33)(H,29,30). The van der Waals surface area contributed by atoms with Crippen LogP contribution in [0.2, 0.25) is 0 Å². The van der Waals surface area contributed by atoms with Gasteiger partial charge in [0, 0.05) is 46.1 Å². The molecule has 0 saturated heterocycles. The number of aromatic amines is 1. The average Bonchev–Trinajstić information content (AvgIpc) is 3.51. The Kier molecular flexibility index (Phi) is 5.70. The van der Waals surface area contributed by atoms with E-state index in [4.69, 9.17) is 11.6 Å². The van der Waals surface area contributed by atoms with Crippen LogP contribution in [0.4, 0.5) is 15.8 Å². The molecule has 10 heteroatoms. The van der Waals surface area contributed by atoms with Crippen LogP contribution < -0.4 is 21.9 Å². The highest BCUT2D eigenvalue weighted by Crippen LogP contribution is 2.36. The number of hydrogen-bond acceptors (Lipinski definition) is 6. The molecule has 2 heterocycles. The molecule has 8 nitrogen and oxygen atoms in total. The summed E-state index contributed by atoms with van der Waals surface area (Å²) in [5, 5.41) is 12.4. The van der Waals surface area contributed by atoms with Gasteiger partial charge in [-0.2, -0.15) is 5.10 Å². The highest BCUT2D eigenvalue weighted by atomic mass is 32.2. The maximum absolute atomic E-state index is 14.7. The largest absolute Gasteiger partial charge is 0.397 e. The number of nitrogen functional groups attached to an aromatic ring is 1. The summed E-state index contributed by atoms with van der Waals surface area (Å²) in [4.78, 5) is 15.1. The van der Waals surface area contributed by atoms with Crippen molar-refractivity contribution in [3.63, 3.8) is 0 Å². The number of hydrogen-bond donors (Lipinski definition) is 4. The van der Waals surface area contributed by atoms with E-state index in [9.17, 15) is 9.18 Å². The van der Waals surface area contributed by atoms with E-state index >= 15 is 0 Å². The second-order valence-corrected chi connectivity index (χ2v) is 9.66. The lowest BCUT2D eigenvalue weighted by molar-refractivity contribution is 0.0942. The van der Waals surface area contributed by atoms with E-state index in [0.29, 0.717) is 17.1 Å². The predicted octanol–water partition coefficient (Wildman–Crippen LogP) is 3.85. The third-order valence-corrected chi connectivity index (χ3v) is 7.36. The van der Waals surface area contributed by atoms with Crippen LogP contribution in [0.15, 0.2) is 52.4 Å². The fourth-order valence-electron chi connectivity index (χ4n) is 4.00. The first-order valence-corrected chi connectivity index (χ1v) is 11.8. The van der Waals surface area contributed by atoms with Gasteiger partial charge in [-0.25, -0.2) is 10.2 Å². The van der Waals surface area contributed by atoms with E-state index in [1.54, 1.807) is 18.0 Å². The van der Waals surface area contributed by atoms with Gasteiger partial charge < -0.3 is 20.6 Å². The highest BCUT2D eigenvalue weighted by molar-refractivity contribution is 7.99. The summed E-state index contributed by atoms with van der Waals surface area (Å²) >= 11 is 1.58. The number of carbonyl (C=O) groups excluding carboxylic acids is 1. The summed E-state index contributed by atoms with van der Waals surface area (Å²) in [5.41, 5.74) is 9.65. The fraction of sp³-hybridized carbons (Fsp3) is 0.250. The Balaban J connectivity index is 1.35. The Bertz CT molecular complexity index is 1390. The Morgan fingerprint density at radius 2 is 2.12 bits per heavy atom. The molecule has 1 fully saturated rings. The number of fused-ring (bicyclic) bond motifs is 1. The number of benzene rings is 2. The lowest BCUT2D eigenvalue weighted by Crippen LogP contribution is -2.36. The number of carbonyl (C=O) groups is 1. The Labute approximate surface area is 200 Å². The lowest BCUT2D eigenvalue weighted by atomic mass is 10.1. The number of amides is 1. The number of nitrogens with one attached hydrogen (secondary N) is 2. The third-order valence-electron chi connectivity index (χ3n) is 6.24. The van der Waals surface area contributed by atoms with Crippen LogP contribution in [0, 0.1) is 12.7 Å². The second kappa shape index (κ2) is 8.69. The van der Waals surface area contributed by atoms with Gasteiger partial charge in [0.1, 0.15) is 11.5 Å². The van der Waals surface area contributed by atoms with Gasteiger partial charge in [-0.15, -0.1) is 0 Å². The SMILES string of the molecule is Cc1c(Sc2ccc3[nH]ncc3c2)cc(C(=O)NCc2c(F)ccc(N)c2N(N)C2CC2)n1C. The van der Waals surface area contributed by atoms with Crippen molar-refractivity contribution in [3.8, 4) is 0 Å². The maximum Gasteiger partial charge on any atom is 0.268 e. The third kappa shape index (κ3) is 4.10. The number of aromatic nitrogens is 3. The van der Waals surface area contributed by atoms with Crippen LogP contribution in [-0.4, -0.2) is 26.7 Å². The van der Waals surface area contributed by atoms with E-state index in [1.807, 2.05) is 36.7 Å². The zero-order chi connectivity index (χ0) is 24.0. The molecule has 1 saturated carbocycles. The molecule has 6 N–H and O–H groups in total. The van der Waals surface area contributed by atoms with Crippen molar-refractivity contribution < 1.29 is 9.18 Å². The summed E-state index contributed by atoms with van der Waals surface area (Å²) in [6, 6.07) is 10.9. The molecule has 1 aliphatic carbocycles. The lowest BCUT2D eigenvalue weighted by Gasteiger charge is -2.24. The molecule has 0 radical (unpaired) electrons. The van der Waals surface area contributed by atoms with Gasteiger partial charge in [0.05, 0.1) is 23.1 Å². The maximum atomic E-state index is 14.7. The predicted molar refractivity (Wildman–Crippen MR) is 132 cm³/mol. The molecular formula is C24H26FN7OS. The number of anilines is 2.